The van der Waals surface area contributed by atoms with E-state index in [1.807, 2.05) is 0 Å². The van der Waals surface area contributed by atoms with Crippen LogP contribution in [0.4, 0.5) is 5.82 Å². The standard InChI is InChI=1S/C12H22N4O/c1-12(2,3)8-9(13)7-11(17)14-10-5-6-16(4)15-10/h5-6,9H,7-8,13H2,1-4H3,(H,14,15,17). The van der Waals surface area contributed by atoms with Gasteiger partial charge in [0.05, 0.1) is 0 Å². The van der Waals surface area contributed by atoms with Crippen molar-refractivity contribution in [1.29, 1.82) is 0 Å². The number of hydrogen-bond acceptors (Lipinski definition) is 3. The van der Waals surface area contributed by atoms with Gasteiger partial charge in [0, 0.05) is 31.8 Å². The molecule has 1 aromatic rings. The largest absolute Gasteiger partial charge is 0.327 e. The number of aryl methyl sites for hydroxylation is 1. The number of aromatic nitrogens is 2. The molecule has 0 saturated heterocycles. The van der Waals surface area contributed by atoms with E-state index < -0.39 is 0 Å². The Morgan fingerprint density at radius 3 is 2.71 bits per heavy atom. The van der Waals surface area contributed by atoms with Gasteiger partial charge in [0.15, 0.2) is 5.82 Å². The number of carbonyl (C=O) groups excluding carboxylic acids is 1. The average molecular weight is 238 g/mol. The molecule has 0 radical (unpaired) electrons. The van der Waals surface area contributed by atoms with Gasteiger partial charge in [-0.25, -0.2) is 0 Å². The molecule has 1 heterocycles. The highest BCUT2D eigenvalue weighted by molar-refractivity contribution is 5.90. The molecule has 0 aliphatic heterocycles. The maximum absolute atomic E-state index is 11.7. The molecule has 1 rings (SSSR count). The third kappa shape index (κ3) is 5.49. The van der Waals surface area contributed by atoms with Gasteiger partial charge < -0.3 is 11.1 Å². The van der Waals surface area contributed by atoms with Gasteiger partial charge >= 0.3 is 0 Å². The summed E-state index contributed by atoms with van der Waals surface area (Å²) in [4.78, 5) is 11.7. The smallest absolute Gasteiger partial charge is 0.227 e. The van der Waals surface area contributed by atoms with Gasteiger partial charge in [-0.2, -0.15) is 5.10 Å². The summed E-state index contributed by atoms with van der Waals surface area (Å²) in [5, 5.41) is 6.80. The topological polar surface area (TPSA) is 72.9 Å². The predicted molar refractivity (Wildman–Crippen MR) is 68.5 cm³/mol. The SMILES string of the molecule is Cn1ccc(NC(=O)CC(N)CC(C)(C)C)n1. The van der Waals surface area contributed by atoms with Crippen LogP contribution in [0.1, 0.15) is 33.6 Å². The quantitative estimate of drug-likeness (QED) is 0.835. The molecule has 0 bridgehead atoms. The highest BCUT2D eigenvalue weighted by atomic mass is 16.1. The number of carbonyl (C=O) groups is 1. The van der Waals surface area contributed by atoms with Crippen LogP contribution < -0.4 is 11.1 Å². The second kappa shape index (κ2) is 5.31. The van der Waals surface area contributed by atoms with Gasteiger partial charge in [-0.05, 0) is 11.8 Å². The zero-order valence-corrected chi connectivity index (χ0v) is 11.0. The van der Waals surface area contributed by atoms with E-state index in [0.29, 0.717) is 12.2 Å². The molecular formula is C12H22N4O. The molecule has 5 heteroatoms. The minimum atomic E-state index is -0.112. The van der Waals surface area contributed by atoms with Crippen LogP contribution in [-0.2, 0) is 11.8 Å². The molecule has 96 valence electrons. The molecule has 5 nitrogen and oxygen atoms in total. The van der Waals surface area contributed by atoms with E-state index >= 15 is 0 Å². The summed E-state index contributed by atoms with van der Waals surface area (Å²) in [6, 6.07) is 1.64. The highest BCUT2D eigenvalue weighted by Gasteiger charge is 2.18. The lowest BCUT2D eigenvalue weighted by Crippen LogP contribution is -2.31. The minimum absolute atomic E-state index is 0.0829. The van der Waals surface area contributed by atoms with Crippen LogP contribution in [0.15, 0.2) is 12.3 Å². The Bertz CT molecular complexity index is 378. The number of amides is 1. The molecule has 17 heavy (non-hydrogen) atoms. The number of rotatable bonds is 4. The average Bonchev–Trinajstić information content (AvgIpc) is 2.46. The first-order valence-corrected chi connectivity index (χ1v) is 5.81. The van der Waals surface area contributed by atoms with Gasteiger partial charge in [0.2, 0.25) is 5.91 Å². The van der Waals surface area contributed by atoms with Crippen molar-refractivity contribution in [2.24, 2.45) is 18.2 Å². The zero-order valence-electron chi connectivity index (χ0n) is 11.0. The molecule has 1 amide bonds. The molecule has 0 fully saturated rings. The fourth-order valence-electron chi connectivity index (χ4n) is 1.77. The molecule has 0 aliphatic carbocycles. The van der Waals surface area contributed by atoms with Crippen molar-refractivity contribution in [2.45, 2.75) is 39.7 Å². The normalized spacial score (nSPS) is 13.5. The fourth-order valence-corrected chi connectivity index (χ4v) is 1.77. The Labute approximate surface area is 102 Å². The van der Waals surface area contributed by atoms with Crippen molar-refractivity contribution < 1.29 is 4.79 Å². The third-order valence-electron chi connectivity index (χ3n) is 2.30. The number of nitrogens with zero attached hydrogens (tertiary/aromatic N) is 2. The van der Waals surface area contributed by atoms with Crippen LogP contribution in [0, 0.1) is 5.41 Å². The lowest BCUT2D eigenvalue weighted by atomic mass is 9.87. The van der Waals surface area contributed by atoms with Crippen molar-refractivity contribution in [3.8, 4) is 0 Å². The molecule has 0 saturated carbocycles. The van der Waals surface area contributed by atoms with Crippen LogP contribution in [0.2, 0.25) is 0 Å². The van der Waals surface area contributed by atoms with Crippen molar-refractivity contribution >= 4 is 11.7 Å². The second-order valence-corrected chi connectivity index (χ2v) is 5.65. The van der Waals surface area contributed by atoms with E-state index in [1.165, 1.54) is 0 Å². The summed E-state index contributed by atoms with van der Waals surface area (Å²) in [6.45, 7) is 6.34. The monoisotopic (exact) mass is 238 g/mol. The first-order valence-electron chi connectivity index (χ1n) is 5.81. The Morgan fingerprint density at radius 2 is 2.24 bits per heavy atom. The fraction of sp³-hybridized carbons (Fsp3) is 0.667. The summed E-state index contributed by atoms with van der Waals surface area (Å²) in [7, 11) is 1.81. The molecule has 1 unspecified atom stereocenters. The van der Waals surface area contributed by atoms with Crippen molar-refractivity contribution in [3.63, 3.8) is 0 Å². The van der Waals surface area contributed by atoms with E-state index in [0.717, 1.165) is 6.42 Å². The van der Waals surface area contributed by atoms with Gasteiger partial charge in [0.25, 0.3) is 0 Å². The summed E-state index contributed by atoms with van der Waals surface area (Å²) in [5.41, 5.74) is 6.08. The van der Waals surface area contributed by atoms with Gasteiger partial charge in [-0.15, -0.1) is 0 Å². The molecule has 0 aliphatic rings. The highest BCUT2D eigenvalue weighted by Crippen LogP contribution is 2.21. The van der Waals surface area contributed by atoms with Crippen molar-refractivity contribution in [2.75, 3.05) is 5.32 Å². The van der Waals surface area contributed by atoms with E-state index in [-0.39, 0.29) is 17.4 Å². The summed E-state index contributed by atoms with van der Waals surface area (Å²) < 4.78 is 1.64. The van der Waals surface area contributed by atoms with Gasteiger partial charge in [0.1, 0.15) is 0 Å². The van der Waals surface area contributed by atoms with Crippen molar-refractivity contribution in [1.82, 2.24) is 9.78 Å². The molecule has 0 aromatic carbocycles. The molecule has 1 aromatic heterocycles. The first kappa shape index (κ1) is 13.7. The maximum atomic E-state index is 11.7. The van der Waals surface area contributed by atoms with E-state index in [9.17, 15) is 4.79 Å². The van der Waals surface area contributed by atoms with E-state index in [2.05, 4.69) is 31.2 Å². The van der Waals surface area contributed by atoms with Crippen molar-refractivity contribution in [3.05, 3.63) is 12.3 Å². The lowest BCUT2D eigenvalue weighted by Gasteiger charge is -2.22. The molecular weight excluding hydrogens is 216 g/mol. The van der Waals surface area contributed by atoms with E-state index in [1.54, 1.807) is 24.0 Å². The van der Waals surface area contributed by atoms with Crippen LogP contribution in [0.25, 0.3) is 0 Å². The number of nitrogens with two attached hydrogens (primary N) is 1. The summed E-state index contributed by atoms with van der Waals surface area (Å²) in [5.74, 6) is 0.487. The number of hydrogen-bond donors (Lipinski definition) is 2. The zero-order chi connectivity index (χ0) is 13.1. The number of anilines is 1. The van der Waals surface area contributed by atoms with Crippen LogP contribution in [-0.4, -0.2) is 21.7 Å². The third-order valence-corrected chi connectivity index (χ3v) is 2.30. The Kier molecular flexibility index (Phi) is 4.28. The Balaban J connectivity index is 2.39. The first-order chi connectivity index (χ1) is 7.76. The molecule has 3 N–H and O–H groups in total. The summed E-state index contributed by atoms with van der Waals surface area (Å²) in [6.07, 6.45) is 2.93. The van der Waals surface area contributed by atoms with Crippen LogP contribution in [0.3, 0.4) is 0 Å². The Hall–Kier alpha value is -1.36. The second-order valence-electron chi connectivity index (χ2n) is 5.65. The van der Waals surface area contributed by atoms with Gasteiger partial charge in [-0.3, -0.25) is 9.48 Å². The summed E-state index contributed by atoms with van der Waals surface area (Å²) >= 11 is 0. The number of nitrogens with one attached hydrogen (secondary N) is 1. The van der Waals surface area contributed by atoms with Crippen LogP contribution in [0.5, 0.6) is 0 Å². The van der Waals surface area contributed by atoms with E-state index in [4.69, 9.17) is 5.73 Å². The minimum Gasteiger partial charge on any atom is -0.327 e. The maximum Gasteiger partial charge on any atom is 0.227 e. The Morgan fingerprint density at radius 1 is 1.59 bits per heavy atom. The van der Waals surface area contributed by atoms with Crippen LogP contribution >= 0.6 is 0 Å². The lowest BCUT2D eigenvalue weighted by molar-refractivity contribution is -0.116. The molecule has 0 spiro atoms. The molecule has 1 atom stereocenters. The predicted octanol–water partition coefficient (Wildman–Crippen LogP) is 1.51. The van der Waals surface area contributed by atoms with Gasteiger partial charge in [-0.1, -0.05) is 20.8 Å².